The number of hydrogen-bond acceptors (Lipinski definition) is 7. The highest BCUT2D eigenvalue weighted by Crippen LogP contribution is 2.37. The first-order chi connectivity index (χ1) is 18.7. The van der Waals surface area contributed by atoms with Crippen molar-refractivity contribution in [2.75, 3.05) is 31.0 Å². The molecule has 2 N–H and O–H groups in total. The Labute approximate surface area is 233 Å². The Balaban J connectivity index is 1.54. The second-order valence-corrected chi connectivity index (χ2v) is 8.88. The van der Waals surface area contributed by atoms with Crippen LogP contribution in [0.25, 0.3) is 6.08 Å². The number of imide groups is 2. The Bertz CT molecular complexity index is 1470. The molecule has 0 saturated carbocycles. The van der Waals surface area contributed by atoms with Crippen LogP contribution in [0.4, 0.5) is 16.2 Å². The maximum Gasteiger partial charge on any atom is 0.335 e. The quantitative estimate of drug-likeness (QED) is 0.298. The molecule has 12 heteroatoms. The van der Waals surface area contributed by atoms with Gasteiger partial charge in [-0.1, -0.05) is 23.2 Å². The third-order valence-electron chi connectivity index (χ3n) is 5.47. The molecule has 5 amide bonds. The third kappa shape index (κ3) is 6.31. The van der Waals surface area contributed by atoms with E-state index in [1.54, 1.807) is 36.4 Å². The second kappa shape index (κ2) is 11.9. The van der Waals surface area contributed by atoms with Gasteiger partial charge in [-0.15, -0.1) is 0 Å². The zero-order chi connectivity index (χ0) is 28.1. The van der Waals surface area contributed by atoms with E-state index in [1.165, 1.54) is 44.6 Å². The van der Waals surface area contributed by atoms with E-state index in [0.717, 1.165) is 4.90 Å². The van der Waals surface area contributed by atoms with Crippen LogP contribution in [0.15, 0.2) is 66.2 Å². The van der Waals surface area contributed by atoms with Crippen LogP contribution in [0, 0.1) is 0 Å². The van der Waals surface area contributed by atoms with Gasteiger partial charge in [0.25, 0.3) is 17.7 Å². The number of ether oxygens (including phenoxy) is 3. The molecule has 0 unspecified atom stereocenters. The zero-order valence-corrected chi connectivity index (χ0v) is 22.1. The van der Waals surface area contributed by atoms with Crippen molar-refractivity contribution in [2.45, 2.75) is 0 Å². The number of methoxy groups -OCH3 is 2. The average molecular weight is 570 g/mol. The molecule has 200 valence electrons. The van der Waals surface area contributed by atoms with Crippen LogP contribution in [0.3, 0.4) is 0 Å². The van der Waals surface area contributed by atoms with Crippen LogP contribution in [-0.2, 0) is 14.4 Å². The SMILES string of the molecule is COc1ccc(N2C(=O)NC(=O)/C(=C\c3cc(Cl)c(OCC(=O)Nc4ccc(Cl)cc4)c(OC)c3)C2=O)cc1. The molecule has 10 nitrogen and oxygen atoms in total. The number of amides is 5. The molecule has 0 spiro atoms. The van der Waals surface area contributed by atoms with E-state index in [4.69, 9.17) is 37.4 Å². The van der Waals surface area contributed by atoms with Gasteiger partial charge in [0.2, 0.25) is 0 Å². The minimum atomic E-state index is -0.886. The third-order valence-corrected chi connectivity index (χ3v) is 6.00. The van der Waals surface area contributed by atoms with Crippen molar-refractivity contribution in [3.63, 3.8) is 0 Å². The van der Waals surface area contributed by atoms with Gasteiger partial charge in [-0.2, -0.15) is 0 Å². The van der Waals surface area contributed by atoms with E-state index in [1.807, 2.05) is 0 Å². The fourth-order valence-electron chi connectivity index (χ4n) is 3.62. The lowest BCUT2D eigenvalue weighted by Crippen LogP contribution is -2.54. The highest BCUT2D eigenvalue weighted by atomic mass is 35.5. The van der Waals surface area contributed by atoms with Crippen molar-refractivity contribution < 1.29 is 33.4 Å². The fourth-order valence-corrected chi connectivity index (χ4v) is 4.02. The van der Waals surface area contributed by atoms with Crippen molar-refractivity contribution in [1.29, 1.82) is 0 Å². The number of urea groups is 1. The standard InChI is InChI=1S/C27H21Cl2N3O7/c1-37-19-9-7-18(8-10-19)32-26(35)20(25(34)31-27(32)36)11-15-12-21(29)24(22(13-15)38-2)39-14-23(33)30-17-5-3-16(28)4-6-17/h3-13H,14H2,1-2H3,(H,30,33)(H,31,34,36)/b20-11+. The van der Waals surface area contributed by atoms with E-state index < -0.39 is 23.8 Å². The van der Waals surface area contributed by atoms with Crippen molar-refractivity contribution in [2.24, 2.45) is 0 Å². The summed E-state index contributed by atoms with van der Waals surface area (Å²) in [5, 5.41) is 5.41. The van der Waals surface area contributed by atoms with Gasteiger partial charge in [0, 0.05) is 10.7 Å². The predicted molar refractivity (Wildman–Crippen MR) is 146 cm³/mol. The van der Waals surface area contributed by atoms with Crippen LogP contribution in [-0.4, -0.2) is 44.6 Å². The van der Waals surface area contributed by atoms with E-state index in [9.17, 15) is 19.2 Å². The first kappa shape index (κ1) is 27.5. The molecule has 0 radical (unpaired) electrons. The van der Waals surface area contributed by atoms with E-state index in [2.05, 4.69) is 10.6 Å². The number of benzene rings is 3. The van der Waals surface area contributed by atoms with Crippen LogP contribution in [0.5, 0.6) is 17.2 Å². The van der Waals surface area contributed by atoms with E-state index in [0.29, 0.717) is 22.0 Å². The second-order valence-electron chi connectivity index (χ2n) is 8.03. The number of rotatable bonds is 8. The highest BCUT2D eigenvalue weighted by molar-refractivity contribution is 6.39. The number of hydrogen-bond donors (Lipinski definition) is 2. The molecule has 1 fully saturated rings. The molecule has 0 atom stereocenters. The molecule has 1 aliphatic heterocycles. The summed E-state index contributed by atoms with van der Waals surface area (Å²) in [6, 6.07) is 14.7. The minimum Gasteiger partial charge on any atom is -0.497 e. The Hall–Kier alpha value is -4.54. The van der Waals surface area contributed by atoms with Crippen LogP contribution in [0.2, 0.25) is 10.0 Å². The highest BCUT2D eigenvalue weighted by Gasteiger charge is 2.37. The lowest BCUT2D eigenvalue weighted by molar-refractivity contribution is -0.122. The number of halogens is 2. The smallest absolute Gasteiger partial charge is 0.335 e. The molecule has 39 heavy (non-hydrogen) atoms. The van der Waals surface area contributed by atoms with Gasteiger partial charge in [-0.3, -0.25) is 19.7 Å². The Morgan fingerprint density at radius 2 is 1.67 bits per heavy atom. The molecule has 1 heterocycles. The number of carbonyl (C=O) groups is 4. The maximum atomic E-state index is 13.2. The lowest BCUT2D eigenvalue weighted by atomic mass is 10.1. The normalized spacial score (nSPS) is 14.2. The van der Waals surface area contributed by atoms with Crippen LogP contribution >= 0.6 is 23.2 Å². The van der Waals surface area contributed by atoms with Gasteiger partial charge in [0.15, 0.2) is 18.1 Å². The summed E-state index contributed by atoms with van der Waals surface area (Å²) in [6.07, 6.45) is 1.27. The molecule has 0 aliphatic carbocycles. The van der Waals surface area contributed by atoms with Crippen LogP contribution in [0.1, 0.15) is 5.56 Å². The summed E-state index contributed by atoms with van der Waals surface area (Å²) < 4.78 is 16.0. The van der Waals surface area contributed by atoms with Gasteiger partial charge < -0.3 is 19.5 Å². The molecular formula is C27H21Cl2N3O7. The molecule has 4 rings (SSSR count). The fraction of sp³-hybridized carbons (Fsp3) is 0.111. The Morgan fingerprint density at radius 1 is 0.974 bits per heavy atom. The first-order valence-electron chi connectivity index (χ1n) is 11.3. The topological polar surface area (TPSA) is 123 Å². The van der Waals surface area contributed by atoms with E-state index >= 15 is 0 Å². The lowest BCUT2D eigenvalue weighted by Gasteiger charge is -2.26. The Kier molecular flexibility index (Phi) is 8.38. The molecule has 1 saturated heterocycles. The summed E-state index contributed by atoms with van der Waals surface area (Å²) in [6.45, 7) is -0.376. The Morgan fingerprint density at radius 3 is 2.31 bits per heavy atom. The van der Waals surface area contributed by atoms with Gasteiger partial charge in [0.1, 0.15) is 11.3 Å². The van der Waals surface area contributed by atoms with Crippen molar-refractivity contribution in [3.8, 4) is 17.2 Å². The number of anilines is 2. The van der Waals surface area contributed by atoms with Crippen molar-refractivity contribution >= 4 is 64.4 Å². The van der Waals surface area contributed by atoms with Crippen molar-refractivity contribution in [1.82, 2.24) is 5.32 Å². The number of nitrogens with one attached hydrogen (secondary N) is 2. The summed E-state index contributed by atoms with van der Waals surface area (Å²) in [5.41, 5.74) is 0.787. The number of carbonyl (C=O) groups excluding carboxylic acids is 4. The average Bonchev–Trinajstić information content (AvgIpc) is 2.91. The number of barbiturate groups is 1. The monoisotopic (exact) mass is 569 g/mol. The largest absolute Gasteiger partial charge is 0.497 e. The molecule has 3 aromatic rings. The van der Waals surface area contributed by atoms with Crippen LogP contribution < -0.4 is 29.7 Å². The van der Waals surface area contributed by atoms with Crippen molar-refractivity contribution in [3.05, 3.63) is 81.8 Å². The first-order valence-corrected chi connectivity index (χ1v) is 12.1. The van der Waals surface area contributed by atoms with E-state index in [-0.39, 0.29) is 34.4 Å². The predicted octanol–water partition coefficient (Wildman–Crippen LogP) is 4.69. The summed E-state index contributed by atoms with van der Waals surface area (Å²) >= 11 is 12.2. The summed E-state index contributed by atoms with van der Waals surface area (Å²) in [7, 11) is 2.85. The van der Waals surface area contributed by atoms with Gasteiger partial charge in [-0.05, 0) is 72.3 Å². The summed E-state index contributed by atoms with van der Waals surface area (Å²) in [5.74, 6) is -1.38. The molecule has 0 aromatic heterocycles. The maximum absolute atomic E-state index is 13.2. The minimum absolute atomic E-state index is 0.0623. The number of nitrogens with zero attached hydrogens (tertiary/aromatic N) is 1. The van der Waals surface area contributed by atoms with Gasteiger partial charge in [0.05, 0.1) is 24.9 Å². The van der Waals surface area contributed by atoms with Gasteiger partial charge in [-0.25, -0.2) is 9.69 Å². The molecule has 3 aromatic carbocycles. The molecule has 1 aliphatic rings. The molecular weight excluding hydrogens is 549 g/mol. The van der Waals surface area contributed by atoms with Gasteiger partial charge >= 0.3 is 6.03 Å². The molecule has 0 bridgehead atoms. The zero-order valence-electron chi connectivity index (χ0n) is 20.6. The summed E-state index contributed by atoms with van der Waals surface area (Å²) in [4.78, 5) is 51.3.